The van der Waals surface area contributed by atoms with Crippen LogP contribution in [0, 0.1) is 5.92 Å². The van der Waals surface area contributed by atoms with Crippen LogP contribution >= 0.6 is 0 Å². The lowest BCUT2D eigenvalue weighted by atomic mass is 9.81. The Labute approximate surface area is 140 Å². The molecule has 2 unspecified atom stereocenters. The van der Waals surface area contributed by atoms with Crippen LogP contribution in [0.3, 0.4) is 0 Å². The van der Waals surface area contributed by atoms with Crippen LogP contribution in [0.25, 0.3) is 10.8 Å². The molecule has 1 saturated heterocycles. The monoisotopic (exact) mass is 311 g/mol. The van der Waals surface area contributed by atoms with Crippen LogP contribution in [0.4, 0.5) is 0 Å². The van der Waals surface area contributed by atoms with Crippen LogP contribution in [0.2, 0.25) is 0 Å². The van der Waals surface area contributed by atoms with E-state index in [1.54, 1.807) is 0 Å². The molecule has 0 bridgehead atoms. The third-order valence-electron chi connectivity index (χ3n) is 5.41. The van der Waals surface area contributed by atoms with Gasteiger partial charge in [-0.2, -0.15) is 0 Å². The van der Waals surface area contributed by atoms with E-state index in [1.165, 1.54) is 35.7 Å². The van der Waals surface area contributed by atoms with E-state index in [-0.39, 0.29) is 0 Å². The van der Waals surface area contributed by atoms with Gasteiger partial charge in [0.15, 0.2) is 0 Å². The largest absolute Gasteiger partial charge is 0.379 e. The van der Waals surface area contributed by atoms with Crippen molar-refractivity contribution in [3.8, 4) is 0 Å². The molecule has 124 valence electrons. The molecule has 0 amide bonds. The summed E-state index contributed by atoms with van der Waals surface area (Å²) in [4.78, 5) is 2.56. The lowest BCUT2D eigenvalue weighted by molar-refractivity contribution is 0.0359. The molecule has 2 nitrogen and oxygen atoms in total. The zero-order chi connectivity index (χ0) is 16.1. The van der Waals surface area contributed by atoms with Crippen molar-refractivity contribution in [1.29, 1.82) is 0 Å². The maximum absolute atomic E-state index is 5.48. The molecule has 0 aliphatic carbocycles. The predicted octanol–water partition coefficient (Wildman–Crippen LogP) is 4.69. The lowest BCUT2D eigenvalue weighted by Gasteiger charge is -2.31. The Bertz CT molecular complexity index is 613. The van der Waals surface area contributed by atoms with Gasteiger partial charge in [-0.25, -0.2) is 0 Å². The lowest BCUT2D eigenvalue weighted by Crippen LogP contribution is -2.37. The molecular weight excluding hydrogens is 282 g/mol. The highest BCUT2D eigenvalue weighted by molar-refractivity contribution is 5.86. The first-order valence-corrected chi connectivity index (χ1v) is 9.07. The molecule has 1 heterocycles. The van der Waals surface area contributed by atoms with Crippen LogP contribution in [0.1, 0.15) is 38.2 Å². The Balaban J connectivity index is 1.82. The number of fused-ring (bicyclic) bond motifs is 1. The molecule has 1 aliphatic rings. The summed E-state index contributed by atoms with van der Waals surface area (Å²) in [6.07, 6.45) is 2.47. The Hall–Kier alpha value is -1.38. The molecule has 0 N–H and O–H groups in total. The van der Waals surface area contributed by atoms with Crippen molar-refractivity contribution in [3.63, 3.8) is 0 Å². The zero-order valence-corrected chi connectivity index (χ0v) is 14.5. The van der Waals surface area contributed by atoms with Gasteiger partial charge in [-0.05, 0) is 41.1 Å². The van der Waals surface area contributed by atoms with E-state index in [9.17, 15) is 0 Å². The SMILES string of the molecule is CCC(C)C(CCN1CCOCC1)c1cccc2ccccc12. The number of morpholine rings is 1. The zero-order valence-electron chi connectivity index (χ0n) is 14.5. The van der Waals surface area contributed by atoms with Gasteiger partial charge in [0.2, 0.25) is 0 Å². The summed E-state index contributed by atoms with van der Waals surface area (Å²) in [6.45, 7) is 9.86. The van der Waals surface area contributed by atoms with E-state index in [1.807, 2.05) is 0 Å². The van der Waals surface area contributed by atoms with Gasteiger partial charge in [0.05, 0.1) is 13.2 Å². The van der Waals surface area contributed by atoms with Crippen molar-refractivity contribution in [2.24, 2.45) is 5.92 Å². The van der Waals surface area contributed by atoms with Gasteiger partial charge >= 0.3 is 0 Å². The molecule has 0 radical (unpaired) electrons. The van der Waals surface area contributed by atoms with E-state index in [4.69, 9.17) is 4.74 Å². The maximum atomic E-state index is 5.48. The Morgan fingerprint density at radius 2 is 1.78 bits per heavy atom. The van der Waals surface area contributed by atoms with Crippen molar-refractivity contribution >= 4 is 10.8 Å². The molecule has 0 aromatic heterocycles. The second kappa shape index (κ2) is 7.94. The molecule has 3 rings (SSSR count). The van der Waals surface area contributed by atoms with E-state index in [2.05, 4.69) is 61.2 Å². The first-order valence-electron chi connectivity index (χ1n) is 9.07. The molecule has 2 atom stereocenters. The fraction of sp³-hybridized carbons (Fsp3) is 0.524. The van der Waals surface area contributed by atoms with Gasteiger partial charge in [-0.15, -0.1) is 0 Å². The maximum Gasteiger partial charge on any atom is 0.0594 e. The number of ether oxygens (including phenoxy) is 1. The van der Waals surface area contributed by atoms with E-state index in [0.717, 1.165) is 26.3 Å². The van der Waals surface area contributed by atoms with Crippen LogP contribution in [0.15, 0.2) is 42.5 Å². The van der Waals surface area contributed by atoms with Crippen molar-refractivity contribution in [2.45, 2.75) is 32.6 Å². The number of rotatable bonds is 6. The van der Waals surface area contributed by atoms with E-state index < -0.39 is 0 Å². The van der Waals surface area contributed by atoms with Crippen molar-refractivity contribution in [3.05, 3.63) is 48.0 Å². The van der Waals surface area contributed by atoms with E-state index in [0.29, 0.717) is 11.8 Å². The minimum atomic E-state index is 0.633. The molecule has 2 aromatic rings. The predicted molar refractivity (Wildman–Crippen MR) is 98.0 cm³/mol. The van der Waals surface area contributed by atoms with E-state index >= 15 is 0 Å². The number of hydrogen-bond acceptors (Lipinski definition) is 2. The fourth-order valence-corrected chi connectivity index (χ4v) is 3.75. The summed E-state index contributed by atoms with van der Waals surface area (Å²) in [7, 11) is 0. The second-order valence-corrected chi connectivity index (χ2v) is 6.80. The number of hydrogen-bond donors (Lipinski definition) is 0. The normalized spacial score (nSPS) is 18.9. The molecule has 23 heavy (non-hydrogen) atoms. The van der Waals surface area contributed by atoms with Crippen LogP contribution in [-0.2, 0) is 4.74 Å². The number of benzene rings is 2. The van der Waals surface area contributed by atoms with Gasteiger partial charge in [0.1, 0.15) is 0 Å². The fourth-order valence-electron chi connectivity index (χ4n) is 3.75. The average Bonchev–Trinajstić information content (AvgIpc) is 2.62. The minimum Gasteiger partial charge on any atom is -0.379 e. The summed E-state index contributed by atoms with van der Waals surface area (Å²) in [5.74, 6) is 1.34. The summed E-state index contributed by atoms with van der Waals surface area (Å²) in [5.41, 5.74) is 1.53. The Morgan fingerprint density at radius 3 is 2.57 bits per heavy atom. The minimum absolute atomic E-state index is 0.633. The highest BCUT2D eigenvalue weighted by Gasteiger charge is 2.21. The summed E-state index contributed by atoms with van der Waals surface area (Å²) < 4.78 is 5.48. The van der Waals surface area contributed by atoms with Crippen LogP contribution in [0.5, 0.6) is 0 Å². The highest BCUT2D eigenvalue weighted by Crippen LogP contribution is 2.35. The highest BCUT2D eigenvalue weighted by atomic mass is 16.5. The van der Waals surface area contributed by atoms with Gasteiger partial charge in [-0.1, -0.05) is 62.7 Å². The molecular formula is C21H29NO. The molecule has 0 saturated carbocycles. The quantitative estimate of drug-likeness (QED) is 0.767. The van der Waals surface area contributed by atoms with Gasteiger partial charge in [0, 0.05) is 13.1 Å². The first kappa shape index (κ1) is 16.5. The molecule has 1 aliphatic heterocycles. The topological polar surface area (TPSA) is 12.5 Å². The van der Waals surface area contributed by atoms with Crippen LogP contribution < -0.4 is 0 Å². The standard InChI is InChI=1S/C21H29NO/c1-3-17(2)19(11-12-22-13-15-23-16-14-22)21-10-6-8-18-7-4-5-9-20(18)21/h4-10,17,19H,3,11-16H2,1-2H3. The third kappa shape index (κ3) is 3.94. The van der Waals surface area contributed by atoms with Gasteiger partial charge < -0.3 is 4.74 Å². The summed E-state index contributed by atoms with van der Waals surface area (Å²) in [6, 6.07) is 15.6. The molecule has 1 fully saturated rings. The Kier molecular flexibility index (Phi) is 5.69. The second-order valence-electron chi connectivity index (χ2n) is 6.80. The molecule has 0 spiro atoms. The molecule has 2 heteroatoms. The summed E-state index contributed by atoms with van der Waals surface area (Å²) >= 11 is 0. The van der Waals surface area contributed by atoms with Gasteiger partial charge in [-0.3, -0.25) is 4.90 Å². The smallest absolute Gasteiger partial charge is 0.0594 e. The van der Waals surface area contributed by atoms with Crippen molar-refractivity contribution in [1.82, 2.24) is 4.90 Å². The third-order valence-corrected chi connectivity index (χ3v) is 5.41. The summed E-state index contributed by atoms with van der Waals surface area (Å²) in [5, 5.41) is 2.80. The first-order chi connectivity index (χ1) is 11.3. The van der Waals surface area contributed by atoms with Crippen molar-refractivity contribution in [2.75, 3.05) is 32.8 Å². The molecule has 2 aromatic carbocycles. The number of nitrogens with zero attached hydrogens (tertiary/aromatic N) is 1. The Morgan fingerprint density at radius 1 is 1.04 bits per heavy atom. The van der Waals surface area contributed by atoms with Gasteiger partial charge in [0.25, 0.3) is 0 Å². The van der Waals surface area contributed by atoms with Crippen molar-refractivity contribution < 1.29 is 4.74 Å². The average molecular weight is 311 g/mol. The van der Waals surface area contributed by atoms with Crippen LogP contribution in [-0.4, -0.2) is 37.7 Å².